The average Bonchev–Trinajstić information content (AvgIpc) is 2.54. The Kier molecular flexibility index (Phi) is 6.44. The number of piperidine rings is 1. The molecule has 0 N–H and O–H groups in total. The highest BCUT2D eigenvalue weighted by atomic mass is 32.2. The van der Waals surface area contributed by atoms with E-state index in [1.54, 1.807) is 14.2 Å². The Labute approximate surface area is 140 Å². The number of rotatable bonds is 7. The highest BCUT2D eigenvalue weighted by molar-refractivity contribution is 7.88. The molecule has 1 aromatic carbocycles. The maximum Gasteiger partial charge on any atom is 0.211 e. The fourth-order valence-corrected chi connectivity index (χ4v) is 3.86. The van der Waals surface area contributed by atoms with Crippen LogP contribution in [-0.2, 0) is 16.4 Å². The third-order valence-electron chi connectivity index (χ3n) is 4.67. The topological polar surface area (TPSA) is 49.9 Å². The summed E-state index contributed by atoms with van der Waals surface area (Å²) < 4.78 is 30.0. The van der Waals surface area contributed by atoms with Gasteiger partial charge in [-0.1, -0.05) is 12.1 Å². The molecule has 0 bridgehead atoms. The fraction of sp³-hybridized carbons (Fsp3) is 0.647. The molecule has 0 spiro atoms. The lowest BCUT2D eigenvalue weighted by atomic mass is 10.0. The van der Waals surface area contributed by atoms with E-state index in [-0.39, 0.29) is 6.04 Å². The molecule has 23 heavy (non-hydrogen) atoms. The van der Waals surface area contributed by atoms with Gasteiger partial charge in [-0.3, -0.25) is 0 Å². The van der Waals surface area contributed by atoms with Crippen LogP contribution in [0.1, 0.15) is 24.8 Å². The van der Waals surface area contributed by atoms with Crippen LogP contribution in [0, 0.1) is 0 Å². The first kappa shape index (κ1) is 18.2. The van der Waals surface area contributed by atoms with Crippen molar-refractivity contribution < 1.29 is 13.2 Å². The van der Waals surface area contributed by atoms with Crippen molar-refractivity contribution in [2.24, 2.45) is 0 Å². The lowest BCUT2D eigenvalue weighted by Crippen LogP contribution is -2.45. The summed E-state index contributed by atoms with van der Waals surface area (Å²) >= 11 is 0. The van der Waals surface area contributed by atoms with Gasteiger partial charge in [0.25, 0.3) is 0 Å². The van der Waals surface area contributed by atoms with Gasteiger partial charge in [-0.05, 0) is 63.0 Å². The van der Waals surface area contributed by atoms with Crippen LogP contribution >= 0.6 is 0 Å². The Morgan fingerprint density at radius 1 is 1.30 bits per heavy atom. The summed E-state index contributed by atoms with van der Waals surface area (Å²) in [4.78, 5) is 2.44. The van der Waals surface area contributed by atoms with E-state index in [0.29, 0.717) is 0 Å². The van der Waals surface area contributed by atoms with E-state index < -0.39 is 10.0 Å². The first-order chi connectivity index (χ1) is 10.9. The number of hydrogen-bond acceptors (Lipinski definition) is 4. The third kappa shape index (κ3) is 5.48. The van der Waals surface area contributed by atoms with Gasteiger partial charge in [-0.25, -0.2) is 12.7 Å². The van der Waals surface area contributed by atoms with Crippen molar-refractivity contribution in [1.82, 2.24) is 9.21 Å². The van der Waals surface area contributed by atoms with E-state index in [0.717, 1.165) is 51.1 Å². The molecule has 0 aliphatic carbocycles. The Morgan fingerprint density at radius 2 is 2.00 bits per heavy atom. The van der Waals surface area contributed by atoms with Crippen LogP contribution in [0.2, 0.25) is 0 Å². The van der Waals surface area contributed by atoms with Gasteiger partial charge in [-0.2, -0.15) is 0 Å². The third-order valence-corrected chi connectivity index (χ3v) is 6.01. The number of hydrogen-bond donors (Lipinski definition) is 0. The summed E-state index contributed by atoms with van der Waals surface area (Å²) in [5.74, 6) is 0.909. The summed E-state index contributed by atoms with van der Waals surface area (Å²) in [5.41, 5.74) is 1.30. The average molecular weight is 340 g/mol. The molecule has 1 aliphatic heterocycles. The van der Waals surface area contributed by atoms with Crippen LogP contribution in [0.3, 0.4) is 0 Å². The van der Waals surface area contributed by atoms with Gasteiger partial charge in [-0.15, -0.1) is 0 Å². The summed E-state index contributed by atoms with van der Waals surface area (Å²) in [7, 11) is 0.308. The largest absolute Gasteiger partial charge is 0.497 e. The van der Waals surface area contributed by atoms with Crippen LogP contribution in [0.15, 0.2) is 24.3 Å². The number of methoxy groups -OCH3 is 1. The molecular weight excluding hydrogens is 312 g/mol. The monoisotopic (exact) mass is 340 g/mol. The van der Waals surface area contributed by atoms with Crippen LogP contribution in [0.25, 0.3) is 0 Å². The van der Waals surface area contributed by atoms with Gasteiger partial charge < -0.3 is 9.64 Å². The lowest BCUT2D eigenvalue weighted by Gasteiger charge is -2.35. The van der Waals surface area contributed by atoms with Crippen molar-refractivity contribution >= 4 is 10.0 Å². The zero-order chi connectivity index (χ0) is 16.9. The molecule has 1 aromatic rings. The minimum absolute atomic E-state index is 0.152. The van der Waals surface area contributed by atoms with E-state index in [1.165, 1.54) is 16.1 Å². The normalized spacial score (nSPS) is 17.6. The second-order valence-corrected chi connectivity index (χ2v) is 8.35. The Hall–Kier alpha value is -1.11. The van der Waals surface area contributed by atoms with E-state index in [1.807, 2.05) is 12.1 Å². The zero-order valence-electron chi connectivity index (χ0n) is 14.4. The number of aryl methyl sites for hydroxylation is 1. The minimum atomic E-state index is -3.08. The van der Waals surface area contributed by atoms with E-state index in [9.17, 15) is 8.42 Å². The molecule has 0 unspecified atom stereocenters. The molecule has 1 fully saturated rings. The molecule has 0 aromatic heterocycles. The summed E-state index contributed by atoms with van der Waals surface area (Å²) in [6, 6.07) is 8.37. The highest BCUT2D eigenvalue weighted by Crippen LogP contribution is 2.18. The molecule has 0 amide bonds. The van der Waals surface area contributed by atoms with Gasteiger partial charge >= 0.3 is 0 Å². The standard InChI is InChI=1S/C17H28N2O3S/c1-18(23(3,20)21)16-9-12-19(13-10-16)11-5-7-15-6-4-8-17(14-15)22-2/h4,6,8,14,16H,5,7,9-13H2,1-3H3. The summed E-state index contributed by atoms with van der Waals surface area (Å²) in [6.45, 7) is 3.01. The lowest BCUT2D eigenvalue weighted by molar-refractivity contribution is 0.169. The SMILES string of the molecule is COc1cccc(CCCN2CCC(N(C)S(C)(=O)=O)CC2)c1. The molecular formula is C17H28N2O3S. The number of likely N-dealkylation sites (tertiary alicyclic amines) is 1. The van der Waals surface area contributed by atoms with Crippen LogP contribution in [-0.4, -0.2) is 63.7 Å². The summed E-state index contributed by atoms with van der Waals surface area (Å²) in [6.07, 6.45) is 5.28. The van der Waals surface area contributed by atoms with Gasteiger partial charge in [0.2, 0.25) is 10.0 Å². The molecule has 1 heterocycles. The van der Waals surface area contributed by atoms with Gasteiger partial charge in [0.05, 0.1) is 13.4 Å². The van der Waals surface area contributed by atoms with Gasteiger partial charge in [0.15, 0.2) is 0 Å². The maximum absolute atomic E-state index is 11.6. The van der Waals surface area contributed by atoms with Crippen molar-refractivity contribution in [3.8, 4) is 5.75 Å². The quantitative estimate of drug-likeness (QED) is 0.762. The first-order valence-electron chi connectivity index (χ1n) is 8.18. The first-order valence-corrected chi connectivity index (χ1v) is 10.0. The molecule has 5 nitrogen and oxygen atoms in total. The number of nitrogens with zero attached hydrogens (tertiary/aromatic N) is 2. The van der Waals surface area contributed by atoms with E-state index >= 15 is 0 Å². The molecule has 6 heteroatoms. The fourth-order valence-electron chi connectivity index (χ4n) is 3.11. The molecule has 130 valence electrons. The predicted molar refractivity (Wildman–Crippen MR) is 93.4 cm³/mol. The van der Waals surface area contributed by atoms with Crippen LogP contribution < -0.4 is 4.74 Å². The Morgan fingerprint density at radius 3 is 2.61 bits per heavy atom. The molecule has 1 aliphatic rings. The number of ether oxygens (including phenoxy) is 1. The highest BCUT2D eigenvalue weighted by Gasteiger charge is 2.26. The molecule has 0 saturated carbocycles. The minimum Gasteiger partial charge on any atom is -0.497 e. The smallest absolute Gasteiger partial charge is 0.211 e. The molecule has 0 atom stereocenters. The molecule has 0 radical (unpaired) electrons. The van der Waals surface area contributed by atoms with Gasteiger partial charge in [0.1, 0.15) is 5.75 Å². The molecule has 1 saturated heterocycles. The van der Waals surface area contributed by atoms with E-state index in [2.05, 4.69) is 17.0 Å². The predicted octanol–water partition coefficient (Wildman–Crippen LogP) is 1.98. The van der Waals surface area contributed by atoms with E-state index in [4.69, 9.17) is 4.74 Å². The Bertz CT molecular complexity index is 596. The number of benzene rings is 1. The van der Waals surface area contributed by atoms with Crippen molar-refractivity contribution in [2.45, 2.75) is 31.7 Å². The molecule has 2 rings (SSSR count). The Balaban J connectivity index is 1.72. The van der Waals surface area contributed by atoms with Crippen molar-refractivity contribution in [3.63, 3.8) is 0 Å². The van der Waals surface area contributed by atoms with Crippen LogP contribution in [0.5, 0.6) is 5.75 Å². The summed E-state index contributed by atoms with van der Waals surface area (Å²) in [5, 5.41) is 0. The van der Waals surface area contributed by atoms with Crippen LogP contribution in [0.4, 0.5) is 0 Å². The van der Waals surface area contributed by atoms with Crippen molar-refractivity contribution in [3.05, 3.63) is 29.8 Å². The number of sulfonamides is 1. The second-order valence-electron chi connectivity index (χ2n) is 6.31. The van der Waals surface area contributed by atoms with Gasteiger partial charge in [0, 0.05) is 13.1 Å². The second kappa shape index (κ2) is 8.13. The van der Waals surface area contributed by atoms with Crippen molar-refractivity contribution in [1.29, 1.82) is 0 Å². The maximum atomic E-state index is 11.6. The van der Waals surface area contributed by atoms with Crippen molar-refractivity contribution in [2.75, 3.05) is 40.0 Å². The zero-order valence-corrected chi connectivity index (χ0v) is 15.2.